The molecule has 0 bridgehead atoms. The molecule has 0 amide bonds. The number of hydrogen-bond donors (Lipinski definition) is 2. The monoisotopic (exact) mass is 311 g/mol. The van der Waals surface area contributed by atoms with Crippen molar-refractivity contribution in [3.05, 3.63) is 65.2 Å². The summed E-state index contributed by atoms with van der Waals surface area (Å²) in [4.78, 5) is -0.243. The molecule has 21 heavy (non-hydrogen) atoms. The summed E-state index contributed by atoms with van der Waals surface area (Å²) in [6.45, 7) is 0.386. The Bertz CT molecular complexity index is 647. The summed E-state index contributed by atoms with van der Waals surface area (Å²) < 4.78 is 38.6. The highest BCUT2D eigenvalue weighted by atomic mass is 32.2. The largest absolute Gasteiger partial charge is 0.387 e. The van der Waals surface area contributed by atoms with E-state index in [1.165, 1.54) is 0 Å². The molecule has 0 spiro atoms. The Labute approximate surface area is 123 Å². The Hall–Kier alpha value is -1.63. The van der Waals surface area contributed by atoms with Crippen LogP contribution in [0.3, 0.4) is 0 Å². The summed E-state index contributed by atoms with van der Waals surface area (Å²) in [7, 11) is -1.83. The van der Waals surface area contributed by atoms with E-state index in [9.17, 15) is 18.1 Å². The zero-order valence-electron chi connectivity index (χ0n) is 11.1. The fraction of sp³-hybridized carbons (Fsp3) is 0.200. The summed E-state index contributed by atoms with van der Waals surface area (Å²) in [6, 6.07) is 9.62. The van der Waals surface area contributed by atoms with Crippen LogP contribution in [0.1, 0.15) is 17.2 Å². The molecule has 0 aliphatic carbocycles. The molecular formula is C15H15F2NO2S. The molecule has 0 saturated carbocycles. The first-order valence-electron chi connectivity index (χ1n) is 6.31. The fourth-order valence-corrected chi connectivity index (χ4v) is 3.05. The van der Waals surface area contributed by atoms with E-state index in [1.54, 1.807) is 24.3 Å². The van der Waals surface area contributed by atoms with Crippen molar-refractivity contribution in [2.24, 2.45) is 5.73 Å². The SMILES string of the molecule is NCc1ccc(C(O)CS(=O)c2cc(F)ccc2F)cc1. The van der Waals surface area contributed by atoms with E-state index in [0.717, 1.165) is 23.8 Å². The second-order valence-corrected chi connectivity index (χ2v) is 6.01. The lowest BCUT2D eigenvalue weighted by molar-refractivity contribution is 0.203. The molecule has 2 rings (SSSR count). The molecule has 0 heterocycles. The molecule has 2 atom stereocenters. The molecular weight excluding hydrogens is 296 g/mol. The van der Waals surface area contributed by atoms with Crippen LogP contribution in [0.15, 0.2) is 47.4 Å². The first-order chi connectivity index (χ1) is 10.0. The molecule has 112 valence electrons. The lowest BCUT2D eigenvalue weighted by Gasteiger charge is -2.12. The molecule has 0 saturated heterocycles. The Kier molecular flexibility index (Phi) is 5.17. The molecule has 3 N–H and O–H groups in total. The van der Waals surface area contributed by atoms with Crippen LogP contribution in [-0.2, 0) is 17.3 Å². The standard InChI is InChI=1S/C15H15F2NO2S/c16-12-5-6-13(17)15(7-12)21(20)9-14(19)11-3-1-10(8-18)2-4-11/h1-7,14,19H,8-9,18H2. The predicted octanol–water partition coefficient (Wildman–Crippen LogP) is 2.26. The van der Waals surface area contributed by atoms with Gasteiger partial charge in [-0.25, -0.2) is 8.78 Å². The van der Waals surface area contributed by atoms with Crippen LogP contribution in [0, 0.1) is 11.6 Å². The average Bonchev–Trinajstić information content (AvgIpc) is 2.49. The number of aliphatic hydroxyl groups is 1. The van der Waals surface area contributed by atoms with Crippen LogP contribution in [0.5, 0.6) is 0 Å². The molecule has 2 aromatic rings. The second-order valence-electron chi connectivity index (χ2n) is 4.55. The molecule has 0 aliphatic heterocycles. The molecule has 2 unspecified atom stereocenters. The van der Waals surface area contributed by atoms with Crippen molar-refractivity contribution >= 4 is 10.8 Å². The van der Waals surface area contributed by atoms with Gasteiger partial charge in [-0.15, -0.1) is 0 Å². The number of hydrogen-bond acceptors (Lipinski definition) is 3. The van der Waals surface area contributed by atoms with Crippen molar-refractivity contribution in [1.82, 2.24) is 0 Å². The molecule has 3 nitrogen and oxygen atoms in total. The van der Waals surface area contributed by atoms with Crippen LogP contribution < -0.4 is 5.73 Å². The topological polar surface area (TPSA) is 63.3 Å². The summed E-state index contributed by atoms with van der Waals surface area (Å²) in [5.41, 5.74) is 6.93. The molecule has 0 aromatic heterocycles. The third kappa shape index (κ3) is 3.93. The quantitative estimate of drug-likeness (QED) is 0.890. The third-order valence-electron chi connectivity index (χ3n) is 3.05. The van der Waals surface area contributed by atoms with E-state index in [0.29, 0.717) is 12.1 Å². The van der Waals surface area contributed by atoms with Crippen molar-refractivity contribution < 1.29 is 18.1 Å². The van der Waals surface area contributed by atoms with Crippen LogP contribution in [0.25, 0.3) is 0 Å². The molecule has 6 heteroatoms. The van der Waals surface area contributed by atoms with Crippen molar-refractivity contribution in [2.75, 3.05) is 5.75 Å². The molecule has 0 fully saturated rings. The van der Waals surface area contributed by atoms with Gasteiger partial charge in [-0.1, -0.05) is 24.3 Å². The van der Waals surface area contributed by atoms with Crippen LogP contribution >= 0.6 is 0 Å². The van der Waals surface area contributed by atoms with Gasteiger partial charge in [-0.05, 0) is 29.3 Å². The van der Waals surface area contributed by atoms with Gasteiger partial charge in [-0.2, -0.15) is 0 Å². The van der Waals surface area contributed by atoms with Crippen molar-refractivity contribution in [1.29, 1.82) is 0 Å². The van der Waals surface area contributed by atoms with Gasteiger partial charge in [0.25, 0.3) is 0 Å². The van der Waals surface area contributed by atoms with Crippen LogP contribution in [0.4, 0.5) is 8.78 Å². The maximum atomic E-state index is 13.5. The van der Waals surface area contributed by atoms with Gasteiger partial charge >= 0.3 is 0 Å². The van der Waals surface area contributed by atoms with E-state index in [4.69, 9.17) is 5.73 Å². The lowest BCUT2D eigenvalue weighted by atomic mass is 10.1. The highest BCUT2D eigenvalue weighted by molar-refractivity contribution is 7.85. The Balaban J connectivity index is 2.12. The van der Waals surface area contributed by atoms with Gasteiger partial charge < -0.3 is 10.8 Å². The minimum atomic E-state index is -1.83. The maximum Gasteiger partial charge on any atom is 0.139 e. The number of halogens is 2. The first kappa shape index (κ1) is 15.8. The minimum Gasteiger partial charge on any atom is -0.387 e. The molecule has 0 radical (unpaired) electrons. The van der Waals surface area contributed by atoms with E-state index in [2.05, 4.69) is 0 Å². The molecule has 0 aliphatic rings. The summed E-state index contributed by atoms with van der Waals surface area (Å²) >= 11 is 0. The number of aliphatic hydroxyl groups excluding tert-OH is 1. The van der Waals surface area contributed by atoms with E-state index < -0.39 is 28.5 Å². The van der Waals surface area contributed by atoms with Gasteiger partial charge in [0.2, 0.25) is 0 Å². The van der Waals surface area contributed by atoms with Crippen LogP contribution in [0.2, 0.25) is 0 Å². The summed E-state index contributed by atoms with van der Waals surface area (Å²) in [5, 5.41) is 10.0. The Morgan fingerprint density at radius 2 is 1.81 bits per heavy atom. The second kappa shape index (κ2) is 6.89. The smallest absolute Gasteiger partial charge is 0.139 e. The van der Waals surface area contributed by atoms with Crippen molar-refractivity contribution in [2.45, 2.75) is 17.5 Å². The van der Waals surface area contributed by atoms with Gasteiger partial charge in [0.05, 0.1) is 27.6 Å². The maximum absolute atomic E-state index is 13.5. The number of rotatable bonds is 5. The highest BCUT2D eigenvalue weighted by Gasteiger charge is 2.17. The molecule has 2 aromatic carbocycles. The normalized spacial score (nSPS) is 13.9. The fourth-order valence-electron chi connectivity index (χ4n) is 1.86. The Morgan fingerprint density at radius 1 is 1.14 bits per heavy atom. The zero-order valence-corrected chi connectivity index (χ0v) is 11.9. The minimum absolute atomic E-state index is 0.206. The highest BCUT2D eigenvalue weighted by Crippen LogP contribution is 2.20. The average molecular weight is 311 g/mol. The van der Waals surface area contributed by atoms with E-state index in [-0.39, 0.29) is 10.6 Å². The lowest BCUT2D eigenvalue weighted by Crippen LogP contribution is -2.11. The first-order valence-corrected chi connectivity index (χ1v) is 7.63. The van der Waals surface area contributed by atoms with Gasteiger partial charge in [0.15, 0.2) is 0 Å². The summed E-state index contributed by atoms with van der Waals surface area (Å²) in [5.74, 6) is -1.62. The van der Waals surface area contributed by atoms with Gasteiger partial charge in [0.1, 0.15) is 11.6 Å². The van der Waals surface area contributed by atoms with E-state index >= 15 is 0 Å². The number of nitrogens with two attached hydrogens (primary N) is 1. The van der Waals surface area contributed by atoms with Crippen molar-refractivity contribution in [3.8, 4) is 0 Å². The summed E-state index contributed by atoms with van der Waals surface area (Å²) in [6.07, 6.45) is -1.03. The van der Waals surface area contributed by atoms with Crippen molar-refractivity contribution in [3.63, 3.8) is 0 Å². The third-order valence-corrected chi connectivity index (χ3v) is 4.47. The Morgan fingerprint density at radius 3 is 2.43 bits per heavy atom. The zero-order chi connectivity index (χ0) is 15.4. The van der Waals surface area contributed by atoms with Gasteiger partial charge in [-0.3, -0.25) is 4.21 Å². The van der Waals surface area contributed by atoms with E-state index in [1.807, 2.05) is 0 Å². The van der Waals surface area contributed by atoms with Crippen LogP contribution in [-0.4, -0.2) is 15.1 Å². The predicted molar refractivity (Wildman–Crippen MR) is 76.9 cm³/mol. The van der Waals surface area contributed by atoms with Gasteiger partial charge in [0, 0.05) is 6.54 Å². The number of benzene rings is 2.